The molecule has 27 heavy (non-hydrogen) atoms. The SMILES string of the molecule is C1=CCCC=CCC1.C1CCC(P(C2CCCCC2)C2CCCCC2)CC1. The van der Waals surface area contributed by atoms with Gasteiger partial charge in [-0.05, 0) is 81.2 Å². The van der Waals surface area contributed by atoms with Crippen LogP contribution < -0.4 is 0 Å². The molecule has 0 N–H and O–H groups in total. The highest BCUT2D eigenvalue weighted by Crippen LogP contribution is 2.61. The normalized spacial score (nSPS) is 26.3. The molecular formula is C26H45P. The predicted molar refractivity (Wildman–Crippen MR) is 124 cm³/mol. The largest absolute Gasteiger partial charge is 0.0971 e. The van der Waals surface area contributed by atoms with Crippen LogP contribution >= 0.6 is 7.92 Å². The van der Waals surface area contributed by atoms with Gasteiger partial charge in [-0.15, -0.1) is 0 Å². The van der Waals surface area contributed by atoms with Crippen LogP contribution in [-0.2, 0) is 0 Å². The summed E-state index contributed by atoms with van der Waals surface area (Å²) >= 11 is 0. The van der Waals surface area contributed by atoms with Gasteiger partial charge in [0.05, 0.1) is 0 Å². The first-order valence-electron chi connectivity index (χ1n) is 12.5. The lowest BCUT2D eigenvalue weighted by Crippen LogP contribution is -2.28. The van der Waals surface area contributed by atoms with Crippen molar-refractivity contribution in [2.24, 2.45) is 0 Å². The molecule has 0 radical (unpaired) electrons. The molecule has 0 amide bonds. The lowest BCUT2D eigenvalue weighted by atomic mass is 9.99. The molecule has 0 heterocycles. The zero-order chi connectivity index (χ0) is 18.6. The Morgan fingerprint density at radius 2 is 0.630 bits per heavy atom. The molecule has 0 aromatic carbocycles. The fourth-order valence-electron chi connectivity index (χ4n) is 5.89. The van der Waals surface area contributed by atoms with Crippen LogP contribution in [0.3, 0.4) is 0 Å². The van der Waals surface area contributed by atoms with E-state index in [0.29, 0.717) is 7.92 Å². The molecule has 0 nitrogen and oxygen atoms in total. The summed E-state index contributed by atoms with van der Waals surface area (Å²) in [5.74, 6) is 0. The predicted octanol–water partition coefficient (Wildman–Crippen LogP) is 9.14. The van der Waals surface area contributed by atoms with E-state index >= 15 is 0 Å². The van der Waals surface area contributed by atoms with Crippen LogP contribution in [0.4, 0.5) is 0 Å². The molecule has 4 rings (SSSR count). The minimum atomic E-state index is 0.385. The quantitative estimate of drug-likeness (QED) is 0.334. The third-order valence-corrected chi connectivity index (χ3v) is 11.4. The fraction of sp³-hybridized carbons (Fsp3) is 0.846. The van der Waals surface area contributed by atoms with Gasteiger partial charge in [-0.3, -0.25) is 0 Å². The molecule has 0 aromatic rings. The Balaban J connectivity index is 0.000000221. The molecular weight excluding hydrogens is 343 g/mol. The summed E-state index contributed by atoms with van der Waals surface area (Å²) in [6.07, 6.45) is 37.6. The average molecular weight is 389 g/mol. The first kappa shape index (κ1) is 21.6. The standard InChI is InChI=1S/C18H33P.C8H12/c1-4-10-16(11-5-1)19(17-12-6-2-7-13-17)18-14-8-3-9-15-18;1-2-4-6-8-7-5-3-1/h16-18H,1-15H2;1-2,7-8H,3-6H2. The second-order valence-electron chi connectivity index (χ2n) is 9.42. The third-order valence-electron chi connectivity index (χ3n) is 7.32. The number of hydrogen-bond acceptors (Lipinski definition) is 0. The summed E-state index contributed by atoms with van der Waals surface area (Å²) in [4.78, 5) is 0. The Bertz CT molecular complexity index is 351. The van der Waals surface area contributed by atoms with Crippen molar-refractivity contribution in [3.63, 3.8) is 0 Å². The molecule has 0 atom stereocenters. The second kappa shape index (κ2) is 13.2. The van der Waals surface area contributed by atoms with Crippen molar-refractivity contribution < 1.29 is 0 Å². The zero-order valence-electron chi connectivity index (χ0n) is 17.9. The van der Waals surface area contributed by atoms with Crippen LogP contribution in [-0.4, -0.2) is 17.0 Å². The summed E-state index contributed by atoms with van der Waals surface area (Å²) in [7, 11) is 0.385. The molecule has 0 spiro atoms. The zero-order valence-corrected chi connectivity index (χ0v) is 18.8. The van der Waals surface area contributed by atoms with E-state index in [9.17, 15) is 0 Å². The van der Waals surface area contributed by atoms with Crippen LogP contribution in [0, 0.1) is 0 Å². The van der Waals surface area contributed by atoms with E-state index in [2.05, 4.69) is 24.3 Å². The molecule has 0 bridgehead atoms. The van der Waals surface area contributed by atoms with E-state index in [-0.39, 0.29) is 0 Å². The maximum Gasteiger partial charge on any atom is -0.0204 e. The highest BCUT2D eigenvalue weighted by Gasteiger charge is 2.36. The van der Waals surface area contributed by atoms with Gasteiger partial charge in [0.15, 0.2) is 0 Å². The van der Waals surface area contributed by atoms with Crippen molar-refractivity contribution in [3.8, 4) is 0 Å². The number of allylic oxidation sites excluding steroid dienone is 4. The lowest BCUT2D eigenvalue weighted by molar-refractivity contribution is 0.460. The summed E-state index contributed by atoms with van der Waals surface area (Å²) in [5, 5.41) is 0. The third kappa shape index (κ3) is 7.68. The van der Waals surface area contributed by atoms with Crippen molar-refractivity contribution in [1.29, 1.82) is 0 Å². The van der Waals surface area contributed by atoms with Crippen molar-refractivity contribution >= 4 is 7.92 Å². The van der Waals surface area contributed by atoms with Gasteiger partial charge in [-0.2, -0.15) is 0 Å². The van der Waals surface area contributed by atoms with Gasteiger partial charge < -0.3 is 0 Å². The molecule has 154 valence electrons. The molecule has 4 aliphatic carbocycles. The number of hydrogen-bond donors (Lipinski definition) is 0. The van der Waals surface area contributed by atoms with Crippen LogP contribution in [0.2, 0.25) is 0 Å². The van der Waals surface area contributed by atoms with E-state index in [4.69, 9.17) is 0 Å². The van der Waals surface area contributed by atoms with Crippen LogP contribution in [0.5, 0.6) is 0 Å². The van der Waals surface area contributed by atoms with Gasteiger partial charge in [-0.1, -0.05) is 90.0 Å². The summed E-state index contributed by atoms with van der Waals surface area (Å²) in [5.41, 5.74) is 3.57. The van der Waals surface area contributed by atoms with E-state index in [1.54, 1.807) is 77.0 Å². The van der Waals surface area contributed by atoms with Gasteiger partial charge >= 0.3 is 0 Å². The first-order chi connectivity index (χ1) is 13.4. The van der Waals surface area contributed by atoms with Crippen molar-refractivity contribution in [2.45, 2.75) is 139 Å². The van der Waals surface area contributed by atoms with E-state index in [1.807, 2.05) is 0 Å². The summed E-state index contributed by atoms with van der Waals surface area (Å²) < 4.78 is 0. The topological polar surface area (TPSA) is 0 Å². The van der Waals surface area contributed by atoms with Gasteiger partial charge in [0.25, 0.3) is 0 Å². The summed E-state index contributed by atoms with van der Waals surface area (Å²) in [6, 6.07) is 0. The Kier molecular flexibility index (Phi) is 10.6. The van der Waals surface area contributed by atoms with Crippen molar-refractivity contribution in [1.82, 2.24) is 0 Å². The van der Waals surface area contributed by atoms with Gasteiger partial charge in [-0.25, -0.2) is 0 Å². The van der Waals surface area contributed by atoms with Crippen LogP contribution in [0.25, 0.3) is 0 Å². The van der Waals surface area contributed by atoms with Gasteiger partial charge in [0.1, 0.15) is 0 Å². The van der Waals surface area contributed by atoms with Gasteiger partial charge in [0, 0.05) is 0 Å². The number of rotatable bonds is 3. The molecule has 0 unspecified atom stereocenters. The average Bonchev–Trinajstić information content (AvgIpc) is 2.71. The fourth-order valence-corrected chi connectivity index (χ4v) is 10.6. The smallest absolute Gasteiger partial charge is 0.0204 e. The maximum atomic E-state index is 2.27. The van der Waals surface area contributed by atoms with Crippen molar-refractivity contribution in [3.05, 3.63) is 24.3 Å². The molecule has 1 heteroatoms. The first-order valence-corrected chi connectivity index (χ1v) is 14.1. The Labute approximate surface area is 171 Å². The molecule has 0 aromatic heterocycles. The molecule has 3 saturated carbocycles. The minimum Gasteiger partial charge on any atom is -0.0971 e. The Morgan fingerprint density at radius 3 is 0.889 bits per heavy atom. The van der Waals surface area contributed by atoms with Crippen LogP contribution in [0.1, 0.15) is 122 Å². The maximum absolute atomic E-state index is 2.27. The van der Waals surface area contributed by atoms with E-state index in [0.717, 1.165) is 0 Å². The van der Waals surface area contributed by atoms with Crippen LogP contribution in [0.15, 0.2) is 24.3 Å². The Morgan fingerprint density at radius 1 is 0.370 bits per heavy atom. The summed E-state index contributed by atoms with van der Waals surface area (Å²) in [6.45, 7) is 0. The van der Waals surface area contributed by atoms with E-state index in [1.165, 1.54) is 61.9 Å². The monoisotopic (exact) mass is 388 g/mol. The molecule has 0 saturated heterocycles. The highest BCUT2D eigenvalue weighted by atomic mass is 31.1. The molecule has 0 aliphatic heterocycles. The molecule has 3 fully saturated rings. The second-order valence-corrected chi connectivity index (χ2v) is 12.5. The highest BCUT2D eigenvalue weighted by molar-refractivity contribution is 7.60. The molecule has 4 aliphatic rings. The Hall–Kier alpha value is -0.0900. The van der Waals surface area contributed by atoms with E-state index < -0.39 is 0 Å². The van der Waals surface area contributed by atoms with Gasteiger partial charge in [0.2, 0.25) is 0 Å². The minimum absolute atomic E-state index is 0.385. The lowest BCUT2D eigenvalue weighted by Gasteiger charge is -2.44. The van der Waals surface area contributed by atoms with Crippen molar-refractivity contribution in [2.75, 3.05) is 0 Å².